The second-order valence-corrected chi connectivity index (χ2v) is 7.29. The molecular weight excluding hydrogens is 350 g/mol. The third-order valence-electron chi connectivity index (χ3n) is 4.19. The highest BCUT2D eigenvalue weighted by molar-refractivity contribution is 7.09. The van der Waals surface area contributed by atoms with E-state index in [0.29, 0.717) is 12.6 Å². The molecule has 1 aliphatic rings. The first-order valence-corrected chi connectivity index (χ1v) is 10.4. The van der Waals surface area contributed by atoms with Crippen LogP contribution in [0.1, 0.15) is 43.8 Å². The number of piperidine rings is 1. The Kier molecular flexibility index (Phi) is 8.67. The van der Waals surface area contributed by atoms with E-state index in [9.17, 15) is 4.79 Å². The van der Waals surface area contributed by atoms with Crippen LogP contribution in [0.25, 0.3) is 0 Å². The van der Waals surface area contributed by atoms with Crippen LogP contribution in [0.3, 0.4) is 0 Å². The number of thiazole rings is 1. The summed E-state index contributed by atoms with van der Waals surface area (Å²) < 4.78 is 5.07. The molecule has 0 atom stereocenters. The Labute approximate surface area is 160 Å². The summed E-state index contributed by atoms with van der Waals surface area (Å²) in [5.74, 6) is 0.859. The van der Waals surface area contributed by atoms with Crippen molar-refractivity contribution in [2.75, 3.05) is 32.8 Å². The highest BCUT2D eigenvalue weighted by Gasteiger charge is 2.23. The van der Waals surface area contributed by atoms with Gasteiger partial charge in [0.25, 0.3) is 0 Å². The molecule has 1 aromatic heterocycles. The Hall–Kier alpha value is -1.83. The van der Waals surface area contributed by atoms with Crippen molar-refractivity contribution >= 4 is 23.4 Å². The summed E-state index contributed by atoms with van der Waals surface area (Å²) in [5.41, 5.74) is 1.10. The molecule has 1 fully saturated rings. The molecular formula is C18H31N5O2S. The maximum absolute atomic E-state index is 11.8. The topological polar surface area (TPSA) is 78.9 Å². The SMILES string of the molecule is CCNC(=NCCCc1nc(C)cs1)NC1CCN(C(=O)OCC)CC1. The Bertz CT molecular complexity index is 582. The second-order valence-electron chi connectivity index (χ2n) is 6.35. The van der Waals surface area contributed by atoms with Gasteiger partial charge in [-0.15, -0.1) is 11.3 Å². The molecule has 1 aliphatic heterocycles. The van der Waals surface area contributed by atoms with Gasteiger partial charge >= 0.3 is 6.09 Å². The van der Waals surface area contributed by atoms with E-state index in [1.54, 1.807) is 16.2 Å². The summed E-state index contributed by atoms with van der Waals surface area (Å²) in [5, 5.41) is 10.1. The summed E-state index contributed by atoms with van der Waals surface area (Å²) >= 11 is 1.72. The van der Waals surface area contributed by atoms with E-state index in [1.807, 2.05) is 13.8 Å². The lowest BCUT2D eigenvalue weighted by Gasteiger charge is -2.32. The van der Waals surface area contributed by atoms with Gasteiger partial charge in [0, 0.05) is 49.7 Å². The fourth-order valence-corrected chi connectivity index (χ4v) is 3.69. The summed E-state index contributed by atoms with van der Waals surface area (Å²) in [6, 6.07) is 0.333. The quantitative estimate of drug-likeness (QED) is 0.431. The zero-order valence-corrected chi connectivity index (χ0v) is 16.9. The predicted octanol–water partition coefficient (Wildman–Crippen LogP) is 2.56. The van der Waals surface area contributed by atoms with E-state index in [-0.39, 0.29) is 6.09 Å². The first-order valence-electron chi connectivity index (χ1n) is 9.50. The molecule has 0 unspecified atom stereocenters. The monoisotopic (exact) mass is 381 g/mol. The van der Waals surface area contributed by atoms with Crippen LogP contribution in [0.15, 0.2) is 10.4 Å². The van der Waals surface area contributed by atoms with E-state index < -0.39 is 0 Å². The number of ether oxygens (including phenoxy) is 1. The van der Waals surface area contributed by atoms with E-state index in [2.05, 4.69) is 32.9 Å². The molecule has 1 saturated heterocycles. The van der Waals surface area contributed by atoms with Crippen molar-refractivity contribution in [3.05, 3.63) is 16.1 Å². The van der Waals surface area contributed by atoms with E-state index in [1.165, 1.54) is 5.01 Å². The maximum Gasteiger partial charge on any atom is 0.409 e. The molecule has 0 saturated carbocycles. The first-order chi connectivity index (χ1) is 12.6. The standard InChI is InChI=1S/C18H31N5O2S/c1-4-19-17(20-10-6-7-16-21-14(3)13-26-16)22-15-8-11-23(12-9-15)18(24)25-5-2/h13,15H,4-12H2,1-3H3,(H2,19,20,22). The number of aryl methyl sites for hydroxylation is 2. The number of nitrogens with one attached hydrogen (secondary N) is 2. The molecule has 26 heavy (non-hydrogen) atoms. The lowest BCUT2D eigenvalue weighted by atomic mass is 10.1. The highest BCUT2D eigenvalue weighted by atomic mass is 32.1. The fraction of sp³-hybridized carbons (Fsp3) is 0.722. The van der Waals surface area contributed by atoms with Crippen molar-refractivity contribution in [1.29, 1.82) is 0 Å². The molecule has 2 N–H and O–H groups in total. The molecule has 0 spiro atoms. The Morgan fingerprint density at radius 2 is 2.19 bits per heavy atom. The molecule has 8 heteroatoms. The molecule has 1 aromatic rings. The number of amides is 1. The predicted molar refractivity (Wildman–Crippen MR) is 106 cm³/mol. The van der Waals surface area contributed by atoms with Gasteiger partial charge in [-0.05, 0) is 40.0 Å². The first kappa shape index (κ1) is 20.5. The number of hydrogen-bond donors (Lipinski definition) is 2. The van der Waals surface area contributed by atoms with Crippen LogP contribution in [0.5, 0.6) is 0 Å². The van der Waals surface area contributed by atoms with Crippen LogP contribution < -0.4 is 10.6 Å². The van der Waals surface area contributed by atoms with Gasteiger partial charge in [-0.2, -0.15) is 0 Å². The third kappa shape index (κ3) is 6.82. The number of likely N-dealkylation sites (tertiary alicyclic amines) is 1. The number of carbonyl (C=O) groups is 1. The lowest BCUT2D eigenvalue weighted by molar-refractivity contribution is 0.0963. The third-order valence-corrected chi connectivity index (χ3v) is 5.22. The van der Waals surface area contributed by atoms with Gasteiger partial charge in [0.05, 0.1) is 11.6 Å². The van der Waals surface area contributed by atoms with Crippen molar-refractivity contribution < 1.29 is 9.53 Å². The Morgan fingerprint density at radius 3 is 2.81 bits per heavy atom. The average Bonchev–Trinajstić information content (AvgIpc) is 3.05. The zero-order valence-electron chi connectivity index (χ0n) is 16.1. The van der Waals surface area contributed by atoms with E-state index >= 15 is 0 Å². The second kappa shape index (κ2) is 11.0. The van der Waals surface area contributed by atoms with Crippen LogP contribution in [-0.4, -0.2) is 60.8 Å². The molecule has 1 amide bonds. The van der Waals surface area contributed by atoms with Gasteiger partial charge in [-0.3, -0.25) is 4.99 Å². The van der Waals surface area contributed by atoms with E-state index in [4.69, 9.17) is 4.74 Å². The van der Waals surface area contributed by atoms with Crippen molar-refractivity contribution in [3.63, 3.8) is 0 Å². The van der Waals surface area contributed by atoms with Gasteiger partial charge in [0.1, 0.15) is 0 Å². The minimum atomic E-state index is -0.205. The summed E-state index contributed by atoms with van der Waals surface area (Å²) in [4.78, 5) is 22.7. The molecule has 7 nitrogen and oxygen atoms in total. The number of guanidine groups is 1. The van der Waals surface area contributed by atoms with Crippen molar-refractivity contribution in [2.24, 2.45) is 4.99 Å². The molecule has 2 heterocycles. The maximum atomic E-state index is 11.8. The molecule has 0 aromatic carbocycles. The summed E-state index contributed by atoms with van der Waals surface area (Å²) in [6.45, 7) is 9.40. The number of carbonyl (C=O) groups excluding carboxylic acids is 1. The number of rotatable bonds is 7. The molecule has 0 bridgehead atoms. The zero-order chi connectivity index (χ0) is 18.8. The fourth-order valence-electron chi connectivity index (χ4n) is 2.87. The van der Waals surface area contributed by atoms with E-state index in [0.717, 1.165) is 63.5 Å². The molecule has 146 valence electrons. The summed E-state index contributed by atoms with van der Waals surface area (Å²) in [7, 11) is 0. The largest absolute Gasteiger partial charge is 0.450 e. The van der Waals surface area contributed by atoms with Gasteiger partial charge in [-0.1, -0.05) is 0 Å². The van der Waals surface area contributed by atoms with Crippen LogP contribution >= 0.6 is 11.3 Å². The molecule has 0 radical (unpaired) electrons. The minimum absolute atomic E-state index is 0.205. The number of aromatic nitrogens is 1. The molecule has 2 rings (SSSR count). The lowest BCUT2D eigenvalue weighted by Crippen LogP contribution is -2.49. The average molecular weight is 382 g/mol. The number of aliphatic imine (C=N–C) groups is 1. The minimum Gasteiger partial charge on any atom is -0.450 e. The van der Waals surface area contributed by atoms with Gasteiger partial charge in [0.2, 0.25) is 0 Å². The Morgan fingerprint density at radius 1 is 1.42 bits per heavy atom. The Balaban J connectivity index is 1.74. The van der Waals surface area contributed by atoms with Crippen molar-refractivity contribution in [1.82, 2.24) is 20.5 Å². The smallest absolute Gasteiger partial charge is 0.409 e. The van der Waals surface area contributed by atoms with Crippen molar-refractivity contribution in [3.8, 4) is 0 Å². The normalized spacial score (nSPS) is 15.8. The highest BCUT2D eigenvalue weighted by Crippen LogP contribution is 2.12. The van der Waals surface area contributed by atoms with Gasteiger partial charge in [0.15, 0.2) is 5.96 Å². The van der Waals surface area contributed by atoms with Gasteiger partial charge in [-0.25, -0.2) is 9.78 Å². The van der Waals surface area contributed by atoms with Crippen LogP contribution in [0, 0.1) is 6.92 Å². The number of hydrogen-bond acceptors (Lipinski definition) is 5. The van der Waals surface area contributed by atoms with Crippen LogP contribution in [0.2, 0.25) is 0 Å². The van der Waals surface area contributed by atoms with Crippen LogP contribution in [0.4, 0.5) is 4.79 Å². The van der Waals surface area contributed by atoms with Crippen molar-refractivity contribution in [2.45, 2.75) is 52.5 Å². The molecule has 0 aliphatic carbocycles. The van der Waals surface area contributed by atoms with Gasteiger partial charge < -0.3 is 20.3 Å². The van der Waals surface area contributed by atoms with Crippen LogP contribution in [-0.2, 0) is 11.2 Å². The summed E-state index contributed by atoms with van der Waals surface area (Å²) in [6.07, 6.45) is 3.57. The number of nitrogens with zero attached hydrogens (tertiary/aromatic N) is 3.